The van der Waals surface area contributed by atoms with E-state index >= 15 is 0 Å². The van der Waals surface area contributed by atoms with E-state index < -0.39 is 0 Å². The molecular formula is C13H12ClNO. The molecule has 16 heavy (non-hydrogen) atoms. The van der Waals surface area contributed by atoms with Crippen LogP contribution in [0.5, 0.6) is 5.75 Å². The van der Waals surface area contributed by atoms with Crippen LogP contribution >= 0.6 is 11.6 Å². The lowest BCUT2D eigenvalue weighted by Crippen LogP contribution is -1.88. The summed E-state index contributed by atoms with van der Waals surface area (Å²) in [5, 5.41) is 10.2. The number of nitrogens with two attached hydrogens (primary N) is 1. The first-order chi connectivity index (χ1) is 7.59. The molecule has 0 atom stereocenters. The Balaban J connectivity index is 2.63. The number of aryl methyl sites for hydroxylation is 1. The largest absolute Gasteiger partial charge is 0.506 e. The van der Waals surface area contributed by atoms with E-state index in [1.807, 2.05) is 31.2 Å². The molecule has 82 valence electrons. The molecule has 0 aromatic heterocycles. The number of phenols is 1. The van der Waals surface area contributed by atoms with Gasteiger partial charge in [0.1, 0.15) is 5.75 Å². The molecule has 2 rings (SSSR count). The maximum atomic E-state index is 9.58. The van der Waals surface area contributed by atoms with Crippen molar-refractivity contribution in [2.75, 3.05) is 5.73 Å². The summed E-state index contributed by atoms with van der Waals surface area (Å²) in [6.07, 6.45) is 0. The van der Waals surface area contributed by atoms with Gasteiger partial charge in [-0.2, -0.15) is 0 Å². The number of anilines is 1. The summed E-state index contributed by atoms with van der Waals surface area (Å²) in [5.74, 6) is 0.0804. The Morgan fingerprint density at radius 2 is 1.94 bits per heavy atom. The fourth-order valence-electron chi connectivity index (χ4n) is 1.70. The number of benzene rings is 2. The SMILES string of the molecule is Cc1cccc(Cl)c1-c1ccc(N)c(O)c1. The van der Waals surface area contributed by atoms with Gasteiger partial charge in [-0.25, -0.2) is 0 Å². The molecule has 0 amide bonds. The fraction of sp³-hybridized carbons (Fsp3) is 0.0769. The summed E-state index contributed by atoms with van der Waals surface area (Å²) in [4.78, 5) is 0. The van der Waals surface area contributed by atoms with Crippen molar-refractivity contribution in [2.24, 2.45) is 0 Å². The van der Waals surface area contributed by atoms with E-state index in [2.05, 4.69) is 0 Å². The van der Waals surface area contributed by atoms with Gasteiger partial charge in [-0.1, -0.05) is 29.8 Å². The fourth-order valence-corrected chi connectivity index (χ4v) is 2.03. The van der Waals surface area contributed by atoms with Gasteiger partial charge >= 0.3 is 0 Å². The highest BCUT2D eigenvalue weighted by atomic mass is 35.5. The minimum absolute atomic E-state index is 0.0804. The van der Waals surface area contributed by atoms with Crippen LogP contribution in [0.2, 0.25) is 5.02 Å². The monoisotopic (exact) mass is 233 g/mol. The highest BCUT2D eigenvalue weighted by Crippen LogP contribution is 2.34. The van der Waals surface area contributed by atoms with E-state index in [4.69, 9.17) is 17.3 Å². The molecule has 2 aromatic carbocycles. The lowest BCUT2D eigenvalue weighted by molar-refractivity contribution is 0.478. The van der Waals surface area contributed by atoms with Crippen LogP contribution in [0, 0.1) is 6.92 Å². The standard InChI is InChI=1S/C13H12ClNO/c1-8-3-2-4-10(14)13(8)9-5-6-11(15)12(16)7-9/h2-7,16H,15H2,1H3. The number of hydrogen-bond acceptors (Lipinski definition) is 2. The highest BCUT2D eigenvalue weighted by Gasteiger charge is 2.08. The Morgan fingerprint density at radius 1 is 1.19 bits per heavy atom. The van der Waals surface area contributed by atoms with Crippen molar-refractivity contribution >= 4 is 17.3 Å². The van der Waals surface area contributed by atoms with Crippen LogP contribution in [0.15, 0.2) is 36.4 Å². The third-order valence-electron chi connectivity index (χ3n) is 2.54. The van der Waals surface area contributed by atoms with Crippen molar-refractivity contribution < 1.29 is 5.11 Å². The Kier molecular flexibility index (Phi) is 2.75. The van der Waals surface area contributed by atoms with Gasteiger partial charge in [-0.05, 0) is 36.2 Å². The molecule has 0 heterocycles. The lowest BCUT2D eigenvalue weighted by Gasteiger charge is -2.09. The van der Waals surface area contributed by atoms with E-state index in [-0.39, 0.29) is 5.75 Å². The van der Waals surface area contributed by atoms with Gasteiger partial charge in [0.05, 0.1) is 5.69 Å². The number of nitrogen functional groups attached to an aromatic ring is 1. The van der Waals surface area contributed by atoms with Crippen LogP contribution in [-0.2, 0) is 0 Å². The number of aromatic hydroxyl groups is 1. The quantitative estimate of drug-likeness (QED) is 0.584. The van der Waals surface area contributed by atoms with Crippen molar-refractivity contribution in [1.82, 2.24) is 0 Å². The van der Waals surface area contributed by atoms with E-state index in [1.165, 1.54) is 0 Å². The number of halogens is 1. The molecule has 0 fully saturated rings. The van der Waals surface area contributed by atoms with Gasteiger partial charge in [-0.15, -0.1) is 0 Å². The van der Waals surface area contributed by atoms with Gasteiger partial charge in [-0.3, -0.25) is 0 Å². The predicted octanol–water partition coefficient (Wildman–Crippen LogP) is 3.60. The first-order valence-electron chi connectivity index (χ1n) is 4.93. The van der Waals surface area contributed by atoms with E-state index in [1.54, 1.807) is 12.1 Å². The molecule has 0 aliphatic rings. The molecule has 0 bridgehead atoms. The maximum Gasteiger partial charge on any atom is 0.139 e. The summed E-state index contributed by atoms with van der Waals surface area (Å²) in [6, 6.07) is 10.9. The molecule has 2 aromatic rings. The van der Waals surface area contributed by atoms with Crippen molar-refractivity contribution in [3.63, 3.8) is 0 Å². The molecule has 2 nitrogen and oxygen atoms in total. The summed E-state index contributed by atoms with van der Waals surface area (Å²) in [5.41, 5.74) is 8.80. The number of phenolic OH excluding ortho intramolecular Hbond substituents is 1. The van der Waals surface area contributed by atoms with E-state index in [9.17, 15) is 5.11 Å². The minimum atomic E-state index is 0.0804. The molecule has 0 aliphatic heterocycles. The second-order valence-corrected chi connectivity index (χ2v) is 4.11. The second-order valence-electron chi connectivity index (χ2n) is 3.71. The molecule has 0 saturated carbocycles. The van der Waals surface area contributed by atoms with Crippen molar-refractivity contribution in [1.29, 1.82) is 0 Å². The predicted molar refractivity (Wildman–Crippen MR) is 67.7 cm³/mol. The maximum absolute atomic E-state index is 9.58. The van der Waals surface area contributed by atoms with E-state index in [0.717, 1.165) is 16.7 Å². The van der Waals surface area contributed by atoms with Crippen LogP contribution < -0.4 is 5.73 Å². The van der Waals surface area contributed by atoms with Gasteiger partial charge in [0, 0.05) is 10.6 Å². The molecule has 3 N–H and O–H groups in total. The Morgan fingerprint density at radius 3 is 2.56 bits per heavy atom. The zero-order valence-electron chi connectivity index (χ0n) is 8.87. The van der Waals surface area contributed by atoms with E-state index in [0.29, 0.717) is 10.7 Å². The van der Waals surface area contributed by atoms with Crippen LogP contribution in [0.25, 0.3) is 11.1 Å². The molecule has 0 aliphatic carbocycles. The normalized spacial score (nSPS) is 10.4. The highest BCUT2D eigenvalue weighted by molar-refractivity contribution is 6.33. The smallest absolute Gasteiger partial charge is 0.139 e. The topological polar surface area (TPSA) is 46.2 Å². The van der Waals surface area contributed by atoms with Gasteiger partial charge < -0.3 is 10.8 Å². The third-order valence-corrected chi connectivity index (χ3v) is 2.86. The Hall–Kier alpha value is -1.67. The molecule has 3 heteroatoms. The number of hydrogen-bond donors (Lipinski definition) is 2. The van der Waals surface area contributed by atoms with Crippen LogP contribution in [0.4, 0.5) is 5.69 Å². The van der Waals surface area contributed by atoms with Crippen LogP contribution in [-0.4, -0.2) is 5.11 Å². The van der Waals surface area contributed by atoms with Crippen LogP contribution in [0.3, 0.4) is 0 Å². The van der Waals surface area contributed by atoms with Crippen molar-refractivity contribution in [2.45, 2.75) is 6.92 Å². The van der Waals surface area contributed by atoms with Crippen LogP contribution in [0.1, 0.15) is 5.56 Å². The zero-order chi connectivity index (χ0) is 11.7. The van der Waals surface area contributed by atoms with Gasteiger partial charge in [0.2, 0.25) is 0 Å². The van der Waals surface area contributed by atoms with Gasteiger partial charge in [0.15, 0.2) is 0 Å². The van der Waals surface area contributed by atoms with Crippen molar-refractivity contribution in [3.05, 3.63) is 47.0 Å². The zero-order valence-corrected chi connectivity index (χ0v) is 9.62. The summed E-state index contributed by atoms with van der Waals surface area (Å²) >= 11 is 6.14. The summed E-state index contributed by atoms with van der Waals surface area (Å²) in [7, 11) is 0. The Labute approximate surface area is 99.3 Å². The average molecular weight is 234 g/mol. The molecular weight excluding hydrogens is 222 g/mol. The number of rotatable bonds is 1. The summed E-state index contributed by atoms with van der Waals surface area (Å²) < 4.78 is 0. The first kappa shape index (κ1) is 10.8. The molecule has 0 radical (unpaired) electrons. The molecule has 0 saturated heterocycles. The lowest BCUT2D eigenvalue weighted by atomic mass is 10.00. The third kappa shape index (κ3) is 1.84. The van der Waals surface area contributed by atoms with Gasteiger partial charge in [0.25, 0.3) is 0 Å². The average Bonchev–Trinajstić information content (AvgIpc) is 2.23. The first-order valence-corrected chi connectivity index (χ1v) is 5.31. The van der Waals surface area contributed by atoms with Crippen molar-refractivity contribution in [3.8, 4) is 16.9 Å². The molecule has 0 unspecified atom stereocenters. The minimum Gasteiger partial charge on any atom is -0.506 e. The summed E-state index contributed by atoms with van der Waals surface area (Å²) in [6.45, 7) is 1.98. The molecule has 0 spiro atoms. The second kappa shape index (κ2) is 4.06. The Bertz CT molecular complexity index is 517.